The van der Waals surface area contributed by atoms with E-state index in [1.54, 1.807) is 11.8 Å². The van der Waals surface area contributed by atoms with Crippen molar-refractivity contribution in [3.05, 3.63) is 51.2 Å². The highest BCUT2D eigenvalue weighted by atomic mass is 32.2. The summed E-state index contributed by atoms with van der Waals surface area (Å²) in [6.45, 7) is 15.9. The lowest BCUT2D eigenvalue weighted by Gasteiger charge is -2.00. The second-order valence-corrected chi connectivity index (χ2v) is 7.57. The summed E-state index contributed by atoms with van der Waals surface area (Å²) in [5, 5.41) is 9.79. The highest BCUT2D eigenvalue weighted by molar-refractivity contribution is 8.34. The Balaban J connectivity index is 2.25. The Morgan fingerprint density at radius 2 is 1.53 bits per heavy atom. The molecule has 82 valence electrons. The molecule has 0 radical (unpaired) electrons. The predicted molar refractivity (Wildman–Crippen MR) is 75.9 cm³/mol. The molecule has 17 heavy (non-hydrogen) atoms. The van der Waals surface area contributed by atoms with Crippen molar-refractivity contribution in [2.75, 3.05) is 0 Å². The van der Waals surface area contributed by atoms with E-state index in [2.05, 4.69) is 15.8 Å². The number of hydrogen-bond acceptors (Lipinski definition) is 5. The van der Waals surface area contributed by atoms with Crippen LogP contribution in [-0.2, 0) is 0 Å². The molecule has 7 heteroatoms. The van der Waals surface area contributed by atoms with Gasteiger partial charge in [0.15, 0.2) is 0 Å². The maximum Gasteiger partial charge on any atom is 0.240 e. The fraction of sp³-hybridized carbons (Fsp3) is 0.100. The van der Waals surface area contributed by atoms with Gasteiger partial charge in [0.1, 0.15) is 6.07 Å². The zero-order valence-electron chi connectivity index (χ0n) is 8.47. The third-order valence-corrected chi connectivity index (χ3v) is 7.19. The van der Waals surface area contributed by atoms with Crippen molar-refractivity contribution in [2.45, 2.75) is 6.92 Å². The second-order valence-electron chi connectivity index (χ2n) is 2.81. The topological polar surface area (TPSA) is 32.5 Å². The summed E-state index contributed by atoms with van der Waals surface area (Å²) in [6, 6.07) is 2.15. The summed E-state index contributed by atoms with van der Waals surface area (Å²) >= 11 is 5.64. The zero-order valence-corrected chi connectivity index (χ0v) is 11.7. The molecule has 0 spiro atoms. The van der Waals surface area contributed by atoms with Crippen LogP contribution < -0.4 is 0 Å². The maximum atomic E-state index is 8.91. The zero-order chi connectivity index (χ0) is 12.4. The number of nitrogens with zero attached hydrogens (tertiary/aromatic N) is 3. The van der Waals surface area contributed by atoms with Crippen molar-refractivity contribution in [1.29, 1.82) is 5.26 Å². The molecule has 0 bridgehead atoms. The first-order chi connectivity index (χ1) is 8.19. The Kier molecular flexibility index (Phi) is 3.81. The number of hydrogen-bond donors (Lipinski definition) is 0. The summed E-state index contributed by atoms with van der Waals surface area (Å²) < 4.78 is 1.95. The van der Waals surface area contributed by atoms with Crippen LogP contribution >= 0.6 is 47.0 Å². The van der Waals surface area contributed by atoms with Gasteiger partial charge in [-0.3, -0.25) is 0 Å². The van der Waals surface area contributed by atoms with Crippen LogP contribution in [0.4, 0.5) is 0 Å². The van der Waals surface area contributed by atoms with Gasteiger partial charge in [-0.05, 0) is 6.92 Å². The van der Waals surface area contributed by atoms with E-state index >= 15 is 0 Å². The molecule has 0 fully saturated rings. The molecule has 0 aromatic rings. The van der Waals surface area contributed by atoms with Crippen molar-refractivity contribution in [3.8, 4) is 6.07 Å². The van der Waals surface area contributed by atoms with Crippen LogP contribution in [-0.4, -0.2) is 0 Å². The normalized spacial score (nSPS) is 19.4. The molecule has 0 aliphatic carbocycles. The monoisotopic (exact) mass is 293 g/mol. The van der Waals surface area contributed by atoms with Crippen LogP contribution in [0.2, 0.25) is 0 Å². The largest absolute Gasteiger partial charge is 0.242 e. The Hall–Kier alpha value is -0.910. The summed E-state index contributed by atoms with van der Waals surface area (Å²) in [7, 11) is 0. The quantitative estimate of drug-likeness (QED) is 0.599. The first-order valence-electron chi connectivity index (χ1n) is 4.25. The molecular weight excluding hydrogens is 290 g/mol. The van der Waals surface area contributed by atoms with Crippen molar-refractivity contribution in [1.82, 2.24) is 0 Å². The Morgan fingerprint density at radius 3 is 1.94 bits per heavy atom. The van der Waals surface area contributed by atoms with E-state index in [0.29, 0.717) is 15.0 Å². The summed E-state index contributed by atoms with van der Waals surface area (Å²) in [5.41, 5.74) is 0. The number of allylic oxidation sites excluding steroid dienone is 2. The first kappa shape index (κ1) is 12.5. The third kappa shape index (κ3) is 2.36. The van der Waals surface area contributed by atoms with Gasteiger partial charge in [-0.1, -0.05) is 23.5 Å². The van der Waals surface area contributed by atoms with Gasteiger partial charge in [0.2, 0.25) is 10.1 Å². The minimum atomic E-state index is 0.441. The van der Waals surface area contributed by atoms with Gasteiger partial charge in [-0.15, -0.1) is 23.5 Å². The molecule has 2 aliphatic heterocycles. The van der Waals surface area contributed by atoms with E-state index in [9.17, 15) is 0 Å². The van der Waals surface area contributed by atoms with Gasteiger partial charge in [-0.2, -0.15) is 5.26 Å². The van der Waals surface area contributed by atoms with Crippen LogP contribution in [0, 0.1) is 24.5 Å². The molecular formula is C10H3N3S4. The molecule has 0 aromatic heterocycles. The molecule has 0 saturated heterocycles. The Bertz CT molecular complexity index is 579. The van der Waals surface area contributed by atoms with Gasteiger partial charge >= 0.3 is 0 Å². The second kappa shape index (κ2) is 5.16. The van der Waals surface area contributed by atoms with E-state index in [0.717, 1.165) is 13.4 Å². The van der Waals surface area contributed by atoms with Crippen LogP contribution in [0.5, 0.6) is 0 Å². The highest BCUT2D eigenvalue weighted by Gasteiger charge is 2.28. The van der Waals surface area contributed by atoms with Gasteiger partial charge < -0.3 is 0 Å². The smallest absolute Gasteiger partial charge is 0.240 e. The van der Waals surface area contributed by atoms with Crippen molar-refractivity contribution < 1.29 is 0 Å². The molecule has 0 unspecified atom stereocenters. The van der Waals surface area contributed by atoms with E-state index < -0.39 is 0 Å². The summed E-state index contributed by atoms with van der Waals surface area (Å²) in [4.78, 5) is 8.39. The Labute approximate surface area is 116 Å². The van der Waals surface area contributed by atoms with Gasteiger partial charge in [-0.25, -0.2) is 9.69 Å². The van der Waals surface area contributed by atoms with Crippen LogP contribution in [0.25, 0.3) is 9.69 Å². The van der Waals surface area contributed by atoms with Crippen LogP contribution in [0.3, 0.4) is 0 Å². The molecule has 2 heterocycles. The molecule has 0 N–H and O–H groups in total. The lowest BCUT2D eigenvalue weighted by molar-refractivity contribution is 1.51. The Morgan fingerprint density at radius 1 is 1.00 bits per heavy atom. The SMILES string of the molecule is [C-]#[N+]C1=C([N+]#[C-])SC(=C2SC(C)=C(C#N)S2)S1. The minimum absolute atomic E-state index is 0.441. The van der Waals surface area contributed by atoms with Gasteiger partial charge in [0.05, 0.1) is 22.3 Å². The van der Waals surface area contributed by atoms with Gasteiger partial charge in [0.25, 0.3) is 0 Å². The molecule has 0 amide bonds. The highest BCUT2D eigenvalue weighted by Crippen LogP contribution is 2.60. The number of nitriles is 1. The lowest BCUT2D eigenvalue weighted by Crippen LogP contribution is -1.67. The van der Waals surface area contributed by atoms with Gasteiger partial charge in [0, 0.05) is 9.14 Å². The predicted octanol–water partition coefficient (Wildman–Crippen LogP) is 4.79. The molecule has 2 aliphatic rings. The van der Waals surface area contributed by atoms with Crippen molar-refractivity contribution >= 4 is 47.0 Å². The summed E-state index contributed by atoms with van der Waals surface area (Å²) in [5.74, 6) is 0. The first-order valence-corrected chi connectivity index (χ1v) is 7.52. The molecule has 3 nitrogen and oxygen atoms in total. The van der Waals surface area contributed by atoms with Crippen molar-refractivity contribution in [3.63, 3.8) is 0 Å². The van der Waals surface area contributed by atoms with E-state index in [4.69, 9.17) is 18.4 Å². The molecule has 0 atom stereocenters. The van der Waals surface area contributed by atoms with E-state index in [1.165, 1.54) is 35.3 Å². The summed E-state index contributed by atoms with van der Waals surface area (Å²) in [6.07, 6.45) is 0. The minimum Gasteiger partial charge on any atom is -0.242 e. The number of thioether (sulfide) groups is 4. The fourth-order valence-electron chi connectivity index (χ4n) is 1.06. The molecule has 0 aromatic carbocycles. The average Bonchev–Trinajstić information content (AvgIpc) is 2.91. The standard InChI is InChI=1S/C10H3N3S4/c1-5-6(4-11)15-9(14-5)10-16-7(12-2)8(13-3)17-10/h1H3. The molecule has 0 saturated carbocycles. The fourth-order valence-corrected chi connectivity index (χ4v) is 5.83. The average molecular weight is 293 g/mol. The van der Waals surface area contributed by atoms with E-state index in [-0.39, 0.29) is 0 Å². The molecule has 2 rings (SSSR count). The third-order valence-electron chi connectivity index (χ3n) is 1.79. The van der Waals surface area contributed by atoms with E-state index in [1.807, 2.05) is 6.92 Å². The lowest BCUT2D eigenvalue weighted by atomic mass is 10.5. The van der Waals surface area contributed by atoms with Crippen molar-refractivity contribution in [2.24, 2.45) is 0 Å². The number of rotatable bonds is 0. The maximum absolute atomic E-state index is 8.91. The van der Waals surface area contributed by atoms with Crippen LogP contribution in [0.15, 0.2) is 28.3 Å². The van der Waals surface area contributed by atoms with Crippen LogP contribution in [0.1, 0.15) is 6.92 Å².